The summed E-state index contributed by atoms with van der Waals surface area (Å²) >= 11 is 0. The second-order valence-electron chi connectivity index (χ2n) is 8.41. The molecule has 0 N–H and O–H groups in total. The van der Waals surface area contributed by atoms with Gasteiger partial charge in [-0.2, -0.15) is 0 Å². The Morgan fingerprint density at radius 3 is 1.91 bits per heavy atom. The van der Waals surface area contributed by atoms with Gasteiger partial charge in [0.2, 0.25) is 0 Å². The summed E-state index contributed by atoms with van der Waals surface area (Å²) in [6.45, 7) is 8.77. The molecule has 2 heteroatoms. The van der Waals surface area contributed by atoms with Crippen molar-refractivity contribution >= 4 is 0 Å². The molecule has 136 valence electrons. The van der Waals surface area contributed by atoms with Crippen LogP contribution in [0.15, 0.2) is 0 Å². The smallest absolute Gasteiger partial charge is 0.157 e. The molecule has 1 heterocycles. The number of ether oxygens (including phenoxy) is 2. The van der Waals surface area contributed by atoms with Crippen LogP contribution >= 0.6 is 0 Å². The molecule has 23 heavy (non-hydrogen) atoms. The van der Waals surface area contributed by atoms with Crippen LogP contribution in [0.5, 0.6) is 0 Å². The fourth-order valence-corrected chi connectivity index (χ4v) is 4.45. The van der Waals surface area contributed by atoms with E-state index < -0.39 is 0 Å². The molecule has 0 bridgehead atoms. The van der Waals surface area contributed by atoms with Crippen molar-refractivity contribution in [1.29, 1.82) is 0 Å². The van der Waals surface area contributed by atoms with Crippen molar-refractivity contribution in [3.63, 3.8) is 0 Å². The van der Waals surface area contributed by atoms with Crippen molar-refractivity contribution in [3.8, 4) is 0 Å². The zero-order chi connectivity index (χ0) is 16.5. The van der Waals surface area contributed by atoms with E-state index in [9.17, 15) is 0 Å². The molecule has 2 fully saturated rings. The first-order valence-electron chi connectivity index (χ1n) is 10.4. The van der Waals surface area contributed by atoms with Crippen molar-refractivity contribution < 1.29 is 9.47 Å². The zero-order valence-electron chi connectivity index (χ0n) is 15.9. The fraction of sp³-hybridized carbons (Fsp3) is 1.00. The SMILES string of the molecule is CCCCCC1CCC([C@]2(C)CO[C@H](CCCCC)OC2)CC1. The van der Waals surface area contributed by atoms with Crippen molar-refractivity contribution in [3.05, 3.63) is 0 Å². The quantitative estimate of drug-likeness (QED) is 0.461. The Bertz CT molecular complexity index is 299. The van der Waals surface area contributed by atoms with E-state index in [0.717, 1.165) is 31.5 Å². The molecule has 1 aliphatic carbocycles. The van der Waals surface area contributed by atoms with Gasteiger partial charge in [0.1, 0.15) is 0 Å². The molecule has 1 saturated carbocycles. The molecule has 0 atom stereocenters. The Labute approximate surface area is 144 Å². The molecule has 0 amide bonds. The number of unbranched alkanes of at least 4 members (excludes halogenated alkanes) is 4. The van der Waals surface area contributed by atoms with Crippen LogP contribution < -0.4 is 0 Å². The van der Waals surface area contributed by atoms with E-state index in [1.165, 1.54) is 70.6 Å². The maximum Gasteiger partial charge on any atom is 0.157 e. The lowest BCUT2D eigenvalue weighted by Gasteiger charge is -2.45. The third-order valence-electron chi connectivity index (χ3n) is 6.29. The summed E-state index contributed by atoms with van der Waals surface area (Å²) in [6.07, 6.45) is 16.3. The van der Waals surface area contributed by atoms with Gasteiger partial charge in [-0.05, 0) is 37.5 Å². The molecule has 0 radical (unpaired) electrons. The van der Waals surface area contributed by atoms with E-state index in [1.54, 1.807) is 0 Å². The lowest BCUT2D eigenvalue weighted by molar-refractivity contribution is -0.241. The van der Waals surface area contributed by atoms with Gasteiger partial charge in [-0.3, -0.25) is 0 Å². The molecule has 2 rings (SSSR count). The van der Waals surface area contributed by atoms with Crippen molar-refractivity contribution in [2.45, 2.75) is 104 Å². The molecule has 0 aromatic rings. The summed E-state index contributed by atoms with van der Waals surface area (Å²) in [4.78, 5) is 0. The predicted molar refractivity (Wildman–Crippen MR) is 97.5 cm³/mol. The van der Waals surface area contributed by atoms with Gasteiger partial charge in [0, 0.05) is 5.41 Å². The van der Waals surface area contributed by atoms with Gasteiger partial charge >= 0.3 is 0 Å². The van der Waals surface area contributed by atoms with Gasteiger partial charge in [-0.25, -0.2) is 0 Å². The molecule has 0 unspecified atom stereocenters. The molecule has 1 saturated heterocycles. The first kappa shape index (κ1) is 19.2. The van der Waals surface area contributed by atoms with Gasteiger partial charge < -0.3 is 9.47 Å². The minimum atomic E-state index is 0.0695. The minimum absolute atomic E-state index is 0.0695. The maximum absolute atomic E-state index is 6.08. The monoisotopic (exact) mass is 324 g/mol. The minimum Gasteiger partial charge on any atom is -0.352 e. The van der Waals surface area contributed by atoms with Crippen LogP contribution in [0.2, 0.25) is 0 Å². The van der Waals surface area contributed by atoms with Crippen LogP contribution in [0.1, 0.15) is 97.8 Å². The lowest BCUT2D eigenvalue weighted by atomic mass is 9.67. The van der Waals surface area contributed by atoms with Crippen molar-refractivity contribution in [2.75, 3.05) is 13.2 Å². The summed E-state index contributed by atoms with van der Waals surface area (Å²) in [5.41, 5.74) is 0.260. The van der Waals surface area contributed by atoms with Crippen LogP contribution in [0, 0.1) is 17.3 Å². The third-order valence-corrected chi connectivity index (χ3v) is 6.29. The van der Waals surface area contributed by atoms with Gasteiger partial charge in [-0.1, -0.05) is 72.1 Å². The average Bonchev–Trinajstić information content (AvgIpc) is 2.58. The fourth-order valence-electron chi connectivity index (χ4n) is 4.45. The summed E-state index contributed by atoms with van der Waals surface area (Å²) < 4.78 is 12.2. The normalized spacial score (nSPS) is 35.3. The highest BCUT2D eigenvalue weighted by Crippen LogP contribution is 2.44. The molecule has 2 nitrogen and oxygen atoms in total. The molecule has 0 aromatic carbocycles. The highest BCUT2D eigenvalue weighted by Gasteiger charge is 2.40. The molecular formula is C21H40O2. The van der Waals surface area contributed by atoms with Gasteiger partial charge in [-0.15, -0.1) is 0 Å². The maximum atomic E-state index is 6.08. The summed E-state index contributed by atoms with van der Waals surface area (Å²) in [5.74, 6) is 1.80. The zero-order valence-corrected chi connectivity index (χ0v) is 15.9. The highest BCUT2D eigenvalue weighted by molar-refractivity contribution is 4.88. The topological polar surface area (TPSA) is 18.5 Å². The first-order chi connectivity index (χ1) is 11.2. The van der Waals surface area contributed by atoms with E-state index in [2.05, 4.69) is 20.8 Å². The van der Waals surface area contributed by atoms with Gasteiger partial charge in [0.15, 0.2) is 6.29 Å². The molecule has 0 aromatic heterocycles. The third kappa shape index (κ3) is 6.05. The standard InChI is InChI=1S/C21H40O2/c1-4-6-8-10-18-12-14-19(15-13-18)21(3)16-22-20(23-17-21)11-9-7-5-2/h18-20H,4-17H2,1-3H3/t18?,19?,20-,21+. The van der Waals surface area contributed by atoms with Crippen LogP contribution in [0.3, 0.4) is 0 Å². The Hall–Kier alpha value is -0.0800. The van der Waals surface area contributed by atoms with Gasteiger partial charge in [0.25, 0.3) is 0 Å². The summed E-state index contributed by atoms with van der Waals surface area (Å²) in [7, 11) is 0. The van der Waals surface area contributed by atoms with Crippen LogP contribution in [-0.2, 0) is 9.47 Å². The average molecular weight is 325 g/mol. The van der Waals surface area contributed by atoms with Crippen LogP contribution in [-0.4, -0.2) is 19.5 Å². The summed E-state index contributed by atoms with van der Waals surface area (Å²) in [6, 6.07) is 0. The van der Waals surface area contributed by atoms with Crippen LogP contribution in [0.4, 0.5) is 0 Å². The molecular weight excluding hydrogens is 284 g/mol. The Morgan fingerprint density at radius 1 is 0.783 bits per heavy atom. The van der Waals surface area contributed by atoms with E-state index in [-0.39, 0.29) is 11.7 Å². The largest absolute Gasteiger partial charge is 0.352 e. The Balaban J connectivity index is 1.67. The van der Waals surface area contributed by atoms with Crippen molar-refractivity contribution in [2.24, 2.45) is 17.3 Å². The van der Waals surface area contributed by atoms with Crippen molar-refractivity contribution in [1.82, 2.24) is 0 Å². The van der Waals surface area contributed by atoms with E-state index >= 15 is 0 Å². The van der Waals surface area contributed by atoms with Crippen LogP contribution in [0.25, 0.3) is 0 Å². The number of hydrogen-bond acceptors (Lipinski definition) is 2. The second kappa shape index (κ2) is 10.0. The lowest BCUT2D eigenvalue weighted by Crippen LogP contribution is -2.45. The highest BCUT2D eigenvalue weighted by atomic mass is 16.7. The summed E-state index contributed by atoms with van der Waals surface area (Å²) in [5, 5.41) is 0. The predicted octanol–water partition coefficient (Wildman–Crippen LogP) is 6.33. The van der Waals surface area contributed by atoms with Gasteiger partial charge in [0.05, 0.1) is 13.2 Å². The number of rotatable bonds is 9. The molecule has 2 aliphatic rings. The molecule has 0 spiro atoms. The number of hydrogen-bond donors (Lipinski definition) is 0. The van der Waals surface area contributed by atoms with E-state index in [1.807, 2.05) is 0 Å². The van der Waals surface area contributed by atoms with E-state index in [0.29, 0.717) is 0 Å². The second-order valence-corrected chi connectivity index (χ2v) is 8.41. The first-order valence-corrected chi connectivity index (χ1v) is 10.4. The Morgan fingerprint density at radius 2 is 1.35 bits per heavy atom. The Kier molecular flexibility index (Phi) is 8.40. The molecule has 1 aliphatic heterocycles. The van der Waals surface area contributed by atoms with E-state index in [4.69, 9.17) is 9.47 Å².